The standard InChI is InChI=1S/C28H27N5O8S/c1-16-12-24(26(40-3)15-23(16)32-30-19-5-7-20(8-6-19)41-11-10-34)33-31-22-9-4-18-13-21(42(37,38)39)14-25(29-17(2)35)27(18)28(22)36/h4-9,12-15,33-34H,10-11H2,1-3H3,(H,29,35)(H,37,38,39)/b31-22-,32-30+. The van der Waals surface area contributed by atoms with E-state index in [-0.39, 0.29) is 35.7 Å². The number of ketones is 1. The van der Waals surface area contributed by atoms with Crippen LogP contribution in [0.5, 0.6) is 11.5 Å². The highest BCUT2D eigenvalue weighted by molar-refractivity contribution is 7.85. The minimum atomic E-state index is -4.59. The molecule has 0 aliphatic heterocycles. The van der Waals surface area contributed by atoms with Gasteiger partial charge in [0.25, 0.3) is 10.1 Å². The van der Waals surface area contributed by atoms with E-state index in [4.69, 9.17) is 14.6 Å². The number of nitrogens with one attached hydrogen (secondary N) is 2. The highest BCUT2D eigenvalue weighted by Gasteiger charge is 2.27. The number of hydrazone groups is 1. The van der Waals surface area contributed by atoms with Gasteiger partial charge >= 0.3 is 0 Å². The number of aryl methyl sites for hydroxylation is 1. The number of fused-ring (bicyclic) bond motifs is 1. The van der Waals surface area contributed by atoms with Crippen molar-refractivity contribution >= 4 is 56.3 Å². The van der Waals surface area contributed by atoms with Gasteiger partial charge in [-0.15, -0.1) is 0 Å². The summed E-state index contributed by atoms with van der Waals surface area (Å²) in [6.07, 6.45) is 2.83. The van der Waals surface area contributed by atoms with Crippen LogP contribution in [0, 0.1) is 6.92 Å². The molecule has 0 atom stereocenters. The number of benzene rings is 3. The van der Waals surface area contributed by atoms with Crippen molar-refractivity contribution < 1.29 is 37.1 Å². The summed E-state index contributed by atoms with van der Waals surface area (Å²) >= 11 is 0. The van der Waals surface area contributed by atoms with Gasteiger partial charge in [-0.3, -0.25) is 19.6 Å². The molecule has 4 N–H and O–H groups in total. The first kappa shape index (κ1) is 30.0. The first-order valence-electron chi connectivity index (χ1n) is 12.4. The lowest BCUT2D eigenvalue weighted by Crippen LogP contribution is -2.22. The van der Waals surface area contributed by atoms with E-state index >= 15 is 0 Å². The molecule has 218 valence electrons. The number of hydrogen-bond acceptors (Lipinski definition) is 11. The monoisotopic (exact) mass is 593 g/mol. The van der Waals surface area contributed by atoms with Gasteiger partial charge in [0.2, 0.25) is 11.7 Å². The molecule has 42 heavy (non-hydrogen) atoms. The molecule has 0 bridgehead atoms. The normalized spacial score (nSPS) is 13.7. The minimum Gasteiger partial charge on any atom is -0.494 e. The van der Waals surface area contributed by atoms with E-state index in [0.717, 1.165) is 17.7 Å². The molecule has 0 aromatic heterocycles. The third-order valence-corrected chi connectivity index (χ3v) is 6.75. The van der Waals surface area contributed by atoms with Gasteiger partial charge < -0.3 is 19.9 Å². The largest absolute Gasteiger partial charge is 0.494 e. The van der Waals surface area contributed by atoms with Crippen LogP contribution in [0.15, 0.2) is 74.8 Å². The van der Waals surface area contributed by atoms with Crippen molar-refractivity contribution in [2.75, 3.05) is 31.1 Å². The highest BCUT2D eigenvalue weighted by atomic mass is 32.2. The van der Waals surface area contributed by atoms with Crippen molar-refractivity contribution in [3.05, 3.63) is 71.3 Å². The third-order valence-electron chi connectivity index (χ3n) is 5.92. The number of anilines is 2. The number of aliphatic hydroxyl groups excluding tert-OH is 1. The SMILES string of the molecule is COc1cc(/N=N/c2ccc(OCCO)cc2)c(C)cc1N/N=C1/C=Cc2cc(S(=O)(=O)O)cc(NC(C)=O)c2C1=O. The molecule has 3 aromatic carbocycles. The molecular formula is C28H27N5O8S. The summed E-state index contributed by atoms with van der Waals surface area (Å²) < 4.78 is 43.7. The van der Waals surface area contributed by atoms with Crippen LogP contribution >= 0.6 is 0 Å². The zero-order chi connectivity index (χ0) is 30.4. The Morgan fingerprint density at radius 2 is 1.76 bits per heavy atom. The van der Waals surface area contributed by atoms with Crippen LogP contribution in [0.1, 0.15) is 28.4 Å². The number of azo groups is 1. The van der Waals surface area contributed by atoms with Gasteiger partial charge in [0, 0.05) is 13.0 Å². The lowest BCUT2D eigenvalue weighted by Gasteiger charge is -2.17. The number of nitrogens with zero attached hydrogens (tertiary/aromatic N) is 3. The Bertz CT molecular complexity index is 1730. The molecule has 0 fully saturated rings. The van der Waals surface area contributed by atoms with Crippen LogP contribution in [-0.4, -0.2) is 55.8 Å². The average molecular weight is 594 g/mol. The van der Waals surface area contributed by atoms with Crippen LogP contribution in [0.25, 0.3) is 6.08 Å². The van der Waals surface area contributed by atoms with Crippen molar-refractivity contribution in [1.82, 2.24) is 0 Å². The summed E-state index contributed by atoms with van der Waals surface area (Å²) in [5.41, 5.74) is 5.20. The number of rotatable bonds is 10. The van der Waals surface area contributed by atoms with E-state index < -0.39 is 26.7 Å². The van der Waals surface area contributed by atoms with Crippen LogP contribution < -0.4 is 20.2 Å². The molecule has 13 nitrogen and oxygen atoms in total. The van der Waals surface area contributed by atoms with Crippen LogP contribution in [0.3, 0.4) is 0 Å². The molecule has 1 amide bonds. The number of Topliss-reactive ketones (excluding diaryl/α,β-unsaturated/α-hetero) is 1. The Labute approximate surface area is 241 Å². The summed E-state index contributed by atoms with van der Waals surface area (Å²) in [4.78, 5) is 24.6. The van der Waals surface area contributed by atoms with Crippen LogP contribution in [-0.2, 0) is 14.9 Å². The van der Waals surface area contributed by atoms with E-state index in [0.29, 0.717) is 28.6 Å². The van der Waals surface area contributed by atoms with E-state index in [2.05, 4.69) is 26.1 Å². The maximum Gasteiger partial charge on any atom is 0.294 e. The number of carbonyl (C=O) groups is 2. The molecular weight excluding hydrogens is 566 g/mol. The van der Waals surface area contributed by atoms with Crippen molar-refractivity contribution in [2.24, 2.45) is 15.3 Å². The number of ether oxygens (including phenoxy) is 2. The fraction of sp³-hybridized carbons (Fsp3) is 0.179. The van der Waals surface area contributed by atoms with Gasteiger partial charge in [-0.25, -0.2) is 0 Å². The van der Waals surface area contributed by atoms with Gasteiger partial charge in [0.1, 0.15) is 23.8 Å². The molecule has 0 spiro atoms. The first-order valence-corrected chi connectivity index (χ1v) is 13.9. The zero-order valence-corrected chi connectivity index (χ0v) is 23.6. The fourth-order valence-electron chi connectivity index (χ4n) is 3.97. The quantitative estimate of drug-likeness (QED) is 0.147. The topological polar surface area (TPSA) is 188 Å². The summed E-state index contributed by atoms with van der Waals surface area (Å²) in [7, 11) is -3.13. The fourth-order valence-corrected chi connectivity index (χ4v) is 4.51. The Morgan fingerprint density at radius 3 is 2.40 bits per heavy atom. The predicted molar refractivity (Wildman–Crippen MR) is 156 cm³/mol. The summed E-state index contributed by atoms with van der Waals surface area (Å²) in [6, 6.07) is 12.4. The summed E-state index contributed by atoms with van der Waals surface area (Å²) in [5.74, 6) is -0.150. The maximum atomic E-state index is 13.3. The van der Waals surface area contributed by atoms with Crippen molar-refractivity contribution in [1.29, 1.82) is 0 Å². The number of carbonyl (C=O) groups excluding carboxylic acids is 2. The Morgan fingerprint density at radius 1 is 1.02 bits per heavy atom. The van der Waals surface area contributed by atoms with Gasteiger partial charge in [0.15, 0.2) is 0 Å². The molecule has 1 aliphatic rings. The molecule has 0 saturated carbocycles. The van der Waals surface area contributed by atoms with Crippen molar-refractivity contribution in [2.45, 2.75) is 18.7 Å². The molecule has 0 heterocycles. The van der Waals surface area contributed by atoms with E-state index in [1.54, 1.807) is 36.4 Å². The molecule has 1 aliphatic carbocycles. The smallest absolute Gasteiger partial charge is 0.294 e. The number of allylic oxidation sites excluding steroid dienone is 1. The third kappa shape index (κ3) is 7.04. The Balaban J connectivity index is 1.58. The van der Waals surface area contributed by atoms with E-state index in [1.807, 2.05) is 6.92 Å². The average Bonchev–Trinajstić information content (AvgIpc) is 2.94. The lowest BCUT2D eigenvalue weighted by molar-refractivity contribution is -0.114. The second-order valence-corrected chi connectivity index (χ2v) is 10.4. The Hall–Kier alpha value is -4.92. The van der Waals surface area contributed by atoms with E-state index in [9.17, 15) is 22.6 Å². The number of methoxy groups -OCH3 is 1. The minimum absolute atomic E-state index is 0.0209. The summed E-state index contributed by atoms with van der Waals surface area (Å²) in [6.45, 7) is 3.13. The van der Waals surface area contributed by atoms with Gasteiger partial charge in [-0.1, -0.05) is 6.08 Å². The maximum absolute atomic E-state index is 13.3. The van der Waals surface area contributed by atoms with Crippen molar-refractivity contribution in [3.63, 3.8) is 0 Å². The highest BCUT2D eigenvalue weighted by Crippen LogP contribution is 2.35. The van der Waals surface area contributed by atoms with Crippen LogP contribution in [0.4, 0.5) is 22.7 Å². The van der Waals surface area contributed by atoms with Gasteiger partial charge in [0.05, 0.1) is 46.9 Å². The second kappa shape index (κ2) is 12.7. The van der Waals surface area contributed by atoms with Crippen molar-refractivity contribution in [3.8, 4) is 11.5 Å². The molecule has 4 rings (SSSR count). The first-order chi connectivity index (χ1) is 20.0. The molecule has 0 saturated heterocycles. The Kier molecular flexibility index (Phi) is 9.10. The van der Waals surface area contributed by atoms with Gasteiger partial charge in [-0.2, -0.15) is 23.7 Å². The summed E-state index contributed by atoms with van der Waals surface area (Å²) in [5, 5.41) is 24.1. The molecule has 14 heteroatoms. The lowest BCUT2D eigenvalue weighted by atomic mass is 9.93. The van der Waals surface area contributed by atoms with E-state index in [1.165, 1.54) is 26.2 Å². The predicted octanol–water partition coefficient (Wildman–Crippen LogP) is 4.67. The second-order valence-electron chi connectivity index (χ2n) is 8.97. The zero-order valence-electron chi connectivity index (χ0n) is 22.8. The number of hydrogen-bond donors (Lipinski definition) is 4. The molecule has 0 unspecified atom stereocenters. The number of amides is 1. The molecule has 3 aromatic rings. The van der Waals surface area contributed by atoms with Crippen LogP contribution in [0.2, 0.25) is 0 Å². The molecule has 0 radical (unpaired) electrons. The van der Waals surface area contributed by atoms with Gasteiger partial charge in [-0.05, 0) is 66.6 Å². The number of aliphatic hydroxyl groups is 1.